The second-order valence-corrected chi connectivity index (χ2v) is 9.02. The van der Waals surface area contributed by atoms with Crippen molar-refractivity contribution >= 4 is 23.1 Å². The molecule has 4 rings (SSSR count). The second-order valence-electron chi connectivity index (χ2n) is 7.00. The Morgan fingerprint density at radius 1 is 1.15 bits per heavy atom. The van der Waals surface area contributed by atoms with Crippen molar-refractivity contribution in [3.8, 4) is 0 Å². The molecular formula is C21H25N3OS2. The highest BCUT2D eigenvalue weighted by molar-refractivity contribution is 7.99. The summed E-state index contributed by atoms with van der Waals surface area (Å²) in [6, 6.07) is 14.9. The van der Waals surface area contributed by atoms with Crippen molar-refractivity contribution in [1.29, 1.82) is 0 Å². The lowest BCUT2D eigenvalue weighted by Gasteiger charge is -2.12. The summed E-state index contributed by atoms with van der Waals surface area (Å²) < 4.78 is 8.27. The van der Waals surface area contributed by atoms with E-state index in [-0.39, 0.29) is 0 Å². The average Bonchev–Trinajstić information content (AvgIpc) is 3.42. The van der Waals surface area contributed by atoms with Gasteiger partial charge in [-0.3, -0.25) is 0 Å². The maximum Gasteiger partial charge on any atom is 0.191 e. The standard InChI is InChI=1S/C21H25N3OS2/c1-16-9-10-18(25-16)15-27-21-23-22-20(14-19-8-5-13-26-19)24(21)12-11-17-6-3-2-4-7-17/h2-8,13,16,18H,9-12,14-15H2,1H3/t16-,18+/m1/s1. The van der Waals surface area contributed by atoms with Crippen LogP contribution in [0, 0.1) is 0 Å². The molecule has 1 saturated heterocycles. The third-order valence-corrected chi connectivity index (χ3v) is 6.87. The number of ether oxygens (including phenoxy) is 1. The van der Waals surface area contributed by atoms with Gasteiger partial charge in [-0.25, -0.2) is 0 Å². The molecule has 0 amide bonds. The Bertz CT molecular complexity index is 833. The first kappa shape index (κ1) is 18.7. The van der Waals surface area contributed by atoms with Gasteiger partial charge in [-0.05, 0) is 43.2 Å². The summed E-state index contributed by atoms with van der Waals surface area (Å²) >= 11 is 3.56. The molecule has 1 fully saturated rings. The number of thioether (sulfide) groups is 1. The smallest absolute Gasteiger partial charge is 0.191 e. The van der Waals surface area contributed by atoms with Crippen LogP contribution in [0.25, 0.3) is 0 Å². The molecule has 1 aliphatic rings. The molecule has 0 unspecified atom stereocenters. The number of rotatable bonds is 8. The van der Waals surface area contributed by atoms with Gasteiger partial charge in [0.25, 0.3) is 0 Å². The van der Waals surface area contributed by atoms with Crippen LogP contribution in [0.4, 0.5) is 0 Å². The fourth-order valence-electron chi connectivity index (χ4n) is 3.41. The van der Waals surface area contributed by atoms with E-state index >= 15 is 0 Å². The zero-order valence-corrected chi connectivity index (χ0v) is 17.2. The molecule has 0 N–H and O–H groups in total. The molecule has 4 nitrogen and oxygen atoms in total. The van der Waals surface area contributed by atoms with Crippen LogP contribution in [0.2, 0.25) is 0 Å². The van der Waals surface area contributed by atoms with Crippen molar-refractivity contribution < 1.29 is 4.74 Å². The molecule has 0 spiro atoms. The lowest BCUT2D eigenvalue weighted by molar-refractivity contribution is 0.0699. The Morgan fingerprint density at radius 3 is 2.78 bits per heavy atom. The van der Waals surface area contributed by atoms with Crippen molar-refractivity contribution in [2.75, 3.05) is 5.75 Å². The molecule has 1 aromatic carbocycles. The van der Waals surface area contributed by atoms with E-state index in [0.29, 0.717) is 12.2 Å². The molecule has 0 saturated carbocycles. The molecule has 0 aliphatic carbocycles. The largest absolute Gasteiger partial charge is 0.374 e. The number of hydrogen-bond donors (Lipinski definition) is 0. The minimum Gasteiger partial charge on any atom is -0.374 e. The molecule has 1 aliphatic heterocycles. The third-order valence-electron chi connectivity index (χ3n) is 4.89. The first-order valence-electron chi connectivity index (χ1n) is 9.54. The highest BCUT2D eigenvalue weighted by Gasteiger charge is 2.23. The predicted octanol–water partition coefficient (Wildman–Crippen LogP) is 4.83. The van der Waals surface area contributed by atoms with Crippen molar-refractivity contribution in [2.24, 2.45) is 0 Å². The summed E-state index contributed by atoms with van der Waals surface area (Å²) in [5, 5.41) is 12.2. The summed E-state index contributed by atoms with van der Waals surface area (Å²) in [6.07, 6.45) is 4.87. The molecule has 2 aromatic heterocycles. The SMILES string of the molecule is C[C@@H]1CC[C@@H](CSc2nnc(Cc3cccs3)n2CCc2ccccc2)O1. The van der Waals surface area contributed by atoms with E-state index in [2.05, 4.69) is 69.5 Å². The van der Waals surface area contributed by atoms with Gasteiger partial charge in [-0.2, -0.15) is 0 Å². The van der Waals surface area contributed by atoms with Crippen LogP contribution in [0.3, 0.4) is 0 Å². The fourth-order valence-corrected chi connectivity index (χ4v) is 5.14. The summed E-state index contributed by atoms with van der Waals surface area (Å²) in [6.45, 7) is 3.06. The number of nitrogens with zero attached hydrogens (tertiary/aromatic N) is 3. The number of aryl methyl sites for hydroxylation is 1. The van der Waals surface area contributed by atoms with Gasteiger partial charge in [0.05, 0.1) is 12.2 Å². The molecular weight excluding hydrogens is 374 g/mol. The second kappa shape index (κ2) is 9.04. The van der Waals surface area contributed by atoms with Crippen molar-refractivity contribution in [1.82, 2.24) is 14.8 Å². The van der Waals surface area contributed by atoms with E-state index in [0.717, 1.165) is 49.0 Å². The van der Waals surface area contributed by atoms with Crippen LogP contribution in [-0.2, 0) is 24.1 Å². The van der Waals surface area contributed by atoms with Crippen molar-refractivity contribution in [3.63, 3.8) is 0 Å². The fraction of sp³-hybridized carbons (Fsp3) is 0.429. The molecule has 0 radical (unpaired) electrons. The van der Waals surface area contributed by atoms with E-state index in [1.54, 1.807) is 23.1 Å². The predicted molar refractivity (Wildman–Crippen MR) is 112 cm³/mol. The van der Waals surface area contributed by atoms with E-state index in [1.165, 1.54) is 10.4 Å². The maximum atomic E-state index is 5.97. The van der Waals surface area contributed by atoms with E-state index in [9.17, 15) is 0 Å². The molecule has 2 atom stereocenters. The molecule has 3 heterocycles. The Kier molecular flexibility index (Phi) is 6.27. The molecule has 142 valence electrons. The van der Waals surface area contributed by atoms with Crippen LogP contribution >= 0.6 is 23.1 Å². The Balaban J connectivity index is 1.47. The van der Waals surface area contributed by atoms with Gasteiger partial charge >= 0.3 is 0 Å². The van der Waals surface area contributed by atoms with Crippen LogP contribution in [0.5, 0.6) is 0 Å². The number of hydrogen-bond acceptors (Lipinski definition) is 5. The van der Waals surface area contributed by atoms with Gasteiger partial charge in [-0.1, -0.05) is 48.2 Å². The van der Waals surface area contributed by atoms with Gasteiger partial charge < -0.3 is 9.30 Å². The van der Waals surface area contributed by atoms with Crippen molar-refractivity contribution in [2.45, 2.75) is 56.5 Å². The highest BCUT2D eigenvalue weighted by atomic mass is 32.2. The lowest BCUT2D eigenvalue weighted by Crippen LogP contribution is -2.13. The topological polar surface area (TPSA) is 39.9 Å². The summed E-state index contributed by atoms with van der Waals surface area (Å²) in [7, 11) is 0. The molecule has 6 heteroatoms. The Morgan fingerprint density at radius 2 is 2.04 bits per heavy atom. The molecule has 3 aromatic rings. The number of benzene rings is 1. The Hall–Kier alpha value is -1.63. The van der Waals surface area contributed by atoms with Crippen LogP contribution in [-0.4, -0.2) is 32.7 Å². The van der Waals surface area contributed by atoms with Crippen LogP contribution in [0.1, 0.15) is 36.0 Å². The lowest BCUT2D eigenvalue weighted by atomic mass is 10.1. The van der Waals surface area contributed by atoms with Crippen molar-refractivity contribution in [3.05, 3.63) is 64.1 Å². The van der Waals surface area contributed by atoms with Gasteiger partial charge in [0.1, 0.15) is 5.82 Å². The van der Waals surface area contributed by atoms with E-state index in [4.69, 9.17) is 4.74 Å². The summed E-state index contributed by atoms with van der Waals surface area (Å²) in [4.78, 5) is 1.33. The quantitative estimate of drug-likeness (QED) is 0.509. The van der Waals surface area contributed by atoms with E-state index in [1.807, 2.05) is 0 Å². The van der Waals surface area contributed by atoms with Gasteiger partial charge in [0.15, 0.2) is 5.16 Å². The van der Waals surface area contributed by atoms with Crippen LogP contribution in [0.15, 0.2) is 53.0 Å². The van der Waals surface area contributed by atoms with Gasteiger partial charge in [-0.15, -0.1) is 21.5 Å². The molecule has 27 heavy (non-hydrogen) atoms. The summed E-state index contributed by atoms with van der Waals surface area (Å²) in [5.74, 6) is 2.00. The minimum atomic E-state index is 0.338. The van der Waals surface area contributed by atoms with E-state index < -0.39 is 0 Å². The number of thiophene rings is 1. The maximum absolute atomic E-state index is 5.97. The summed E-state index contributed by atoms with van der Waals surface area (Å²) in [5.41, 5.74) is 1.34. The zero-order chi connectivity index (χ0) is 18.5. The van der Waals surface area contributed by atoms with Gasteiger partial charge in [0, 0.05) is 23.6 Å². The average molecular weight is 400 g/mol. The Labute approximate surface area is 169 Å². The number of aromatic nitrogens is 3. The van der Waals surface area contributed by atoms with Gasteiger partial charge in [0.2, 0.25) is 0 Å². The first-order chi connectivity index (χ1) is 13.3. The zero-order valence-electron chi connectivity index (χ0n) is 15.6. The first-order valence-corrected chi connectivity index (χ1v) is 11.4. The molecule has 0 bridgehead atoms. The third kappa shape index (κ3) is 5.00. The minimum absolute atomic E-state index is 0.338. The highest BCUT2D eigenvalue weighted by Crippen LogP contribution is 2.27. The van der Waals surface area contributed by atoms with Crippen LogP contribution < -0.4 is 0 Å². The monoisotopic (exact) mass is 399 g/mol. The normalized spacial score (nSPS) is 19.6.